The molecule has 166 valence electrons. The topological polar surface area (TPSA) is 75.6 Å². The van der Waals surface area contributed by atoms with Crippen molar-refractivity contribution in [3.63, 3.8) is 0 Å². The van der Waals surface area contributed by atoms with E-state index in [9.17, 15) is 0 Å². The minimum absolute atomic E-state index is 0.324. The molecule has 1 fully saturated rings. The van der Waals surface area contributed by atoms with Crippen molar-refractivity contribution in [3.05, 3.63) is 54.4 Å². The van der Waals surface area contributed by atoms with Crippen LogP contribution in [-0.4, -0.2) is 54.3 Å². The Labute approximate surface area is 188 Å². The van der Waals surface area contributed by atoms with Gasteiger partial charge in [0.25, 0.3) is 0 Å². The molecule has 0 unspecified atom stereocenters. The van der Waals surface area contributed by atoms with Crippen molar-refractivity contribution in [2.75, 3.05) is 48.5 Å². The predicted molar refractivity (Wildman–Crippen MR) is 125 cm³/mol. The van der Waals surface area contributed by atoms with E-state index in [1.807, 2.05) is 12.1 Å². The molecule has 32 heavy (non-hydrogen) atoms. The number of ether oxygens (including phenoxy) is 2. The lowest BCUT2D eigenvalue weighted by atomic mass is 10.0. The van der Waals surface area contributed by atoms with Crippen molar-refractivity contribution >= 4 is 23.1 Å². The number of methoxy groups -OCH3 is 1. The molecular formula is C24H28N6O2. The van der Waals surface area contributed by atoms with Gasteiger partial charge in [-0.3, -0.25) is 0 Å². The molecule has 0 bridgehead atoms. The Morgan fingerprint density at radius 2 is 1.94 bits per heavy atom. The third-order valence-electron chi connectivity index (χ3n) is 6.09. The van der Waals surface area contributed by atoms with Gasteiger partial charge in [0, 0.05) is 42.8 Å². The van der Waals surface area contributed by atoms with E-state index in [-0.39, 0.29) is 0 Å². The van der Waals surface area contributed by atoms with Crippen LogP contribution < -0.4 is 24.6 Å². The van der Waals surface area contributed by atoms with Gasteiger partial charge in [0.15, 0.2) is 11.6 Å². The molecule has 2 aliphatic heterocycles. The smallest absolute Gasteiger partial charge is 0.225 e. The number of hydrogen-bond donors (Lipinski definition) is 1. The van der Waals surface area contributed by atoms with Crippen molar-refractivity contribution in [3.8, 4) is 11.6 Å². The summed E-state index contributed by atoms with van der Waals surface area (Å²) in [4.78, 5) is 18.2. The van der Waals surface area contributed by atoms with Crippen molar-refractivity contribution in [2.24, 2.45) is 0 Å². The molecule has 8 nitrogen and oxygen atoms in total. The van der Waals surface area contributed by atoms with Gasteiger partial charge in [-0.1, -0.05) is 18.2 Å². The Morgan fingerprint density at radius 3 is 2.75 bits per heavy atom. The fourth-order valence-corrected chi connectivity index (χ4v) is 4.35. The molecule has 0 radical (unpaired) electrons. The third-order valence-corrected chi connectivity index (χ3v) is 6.09. The Hall–Kier alpha value is -3.55. The number of nitrogens with one attached hydrogen (secondary N) is 1. The van der Waals surface area contributed by atoms with Gasteiger partial charge in [0.1, 0.15) is 6.61 Å². The van der Waals surface area contributed by atoms with E-state index in [1.165, 1.54) is 5.56 Å². The van der Waals surface area contributed by atoms with Crippen LogP contribution in [0.15, 0.2) is 48.8 Å². The first-order valence-corrected chi connectivity index (χ1v) is 11.1. The number of benzene rings is 1. The zero-order valence-electron chi connectivity index (χ0n) is 18.5. The zero-order chi connectivity index (χ0) is 21.9. The molecule has 8 heteroatoms. The highest BCUT2D eigenvalue weighted by Gasteiger charge is 2.25. The second kappa shape index (κ2) is 8.90. The summed E-state index contributed by atoms with van der Waals surface area (Å²) in [5, 5.41) is 3.54. The van der Waals surface area contributed by atoms with E-state index in [4.69, 9.17) is 14.5 Å². The molecule has 2 aliphatic rings. The van der Waals surface area contributed by atoms with Crippen LogP contribution in [0.1, 0.15) is 18.4 Å². The van der Waals surface area contributed by atoms with Crippen molar-refractivity contribution in [2.45, 2.75) is 25.8 Å². The minimum atomic E-state index is 0.324. The summed E-state index contributed by atoms with van der Waals surface area (Å²) in [6.07, 6.45) is 5.58. The van der Waals surface area contributed by atoms with Crippen LogP contribution in [0.5, 0.6) is 11.6 Å². The SMILES string of the molecule is COc1cc(N2CCC(Nc3ncc4c(n3)N(c3ccccc3C)CCO4)CC2)ccn1. The predicted octanol–water partition coefficient (Wildman–Crippen LogP) is 3.80. The molecule has 0 amide bonds. The fraction of sp³-hybridized carbons (Fsp3) is 0.375. The highest BCUT2D eigenvalue weighted by atomic mass is 16.5. The normalized spacial score (nSPS) is 16.3. The second-order valence-electron chi connectivity index (χ2n) is 8.13. The maximum absolute atomic E-state index is 5.83. The third kappa shape index (κ3) is 4.12. The van der Waals surface area contributed by atoms with Crippen molar-refractivity contribution < 1.29 is 9.47 Å². The maximum Gasteiger partial charge on any atom is 0.225 e. The number of hydrogen-bond acceptors (Lipinski definition) is 8. The first-order valence-electron chi connectivity index (χ1n) is 11.1. The number of rotatable bonds is 5. The highest BCUT2D eigenvalue weighted by Crippen LogP contribution is 2.36. The number of pyridine rings is 1. The molecule has 4 heterocycles. The lowest BCUT2D eigenvalue weighted by Crippen LogP contribution is -2.39. The summed E-state index contributed by atoms with van der Waals surface area (Å²) < 4.78 is 11.1. The molecule has 0 atom stereocenters. The number of aromatic nitrogens is 3. The van der Waals surface area contributed by atoms with E-state index >= 15 is 0 Å². The number of anilines is 4. The van der Waals surface area contributed by atoms with E-state index < -0.39 is 0 Å². The molecule has 0 aliphatic carbocycles. The summed E-state index contributed by atoms with van der Waals surface area (Å²) in [6, 6.07) is 12.7. The second-order valence-corrected chi connectivity index (χ2v) is 8.13. The molecule has 2 aromatic heterocycles. The van der Waals surface area contributed by atoms with Crippen LogP contribution in [0, 0.1) is 6.92 Å². The average Bonchev–Trinajstić information content (AvgIpc) is 2.84. The van der Waals surface area contributed by atoms with Crippen molar-refractivity contribution in [1.29, 1.82) is 0 Å². The van der Waals surface area contributed by atoms with Gasteiger partial charge >= 0.3 is 0 Å². The van der Waals surface area contributed by atoms with Gasteiger partial charge in [-0.05, 0) is 37.5 Å². The molecule has 1 aromatic carbocycles. The van der Waals surface area contributed by atoms with Crippen LogP contribution in [0.3, 0.4) is 0 Å². The maximum atomic E-state index is 5.83. The average molecular weight is 433 g/mol. The summed E-state index contributed by atoms with van der Waals surface area (Å²) in [6.45, 7) is 5.41. The standard InChI is InChI=1S/C24H28N6O2/c1-17-5-3-4-6-20(17)30-13-14-32-21-16-26-24(28-23(21)30)27-18-8-11-29(12-9-18)19-7-10-25-22(15-19)31-2/h3-7,10,15-16,18H,8-9,11-14H2,1-2H3,(H,26,27,28). The van der Waals surface area contributed by atoms with Crippen molar-refractivity contribution in [1.82, 2.24) is 15.0 Å². The largest absolute Gasteiger partial charge is 0.486 e. The van der Waals surface area contributed by atoms with Crippen LogP contribution in [0.25, 0.3) is 0 Å². The number of nitrogens with zero attached hydrogens (tertiary/aromatic N) is 5. The van der Waals surface area contributed by atoms with Crippen LogP contribution >= 0.6 is 0 Å². The molecular weight excluding hydrogens is 404 g/mol. The number of piperidine rings is 1. The molecule has 0 spiro atoms. The first-order chi connectivity index (χ1) is 15.7. The highest BCUT2D eigenvalue weighted by molar-refractivity contribution is 5.69. The van der Waals surface area contributed by atoms with E-state index in [1.54, 1.807) is 19.5 Å². The Kier molecular flexibility index (Phi) is 5.66. The van der Waals surface area contributed by atoms with Gasteiger partial charge < -0.3 is 24.6 Å². The summed E-state index contributed by atoms with van der Waals surface area (Å²) in [7, 11) is 1.64. The fourth-order valence-electron chi connectivity index (χ4n) is 4.35. The van der Waals surface area contributed by atoms with Gasteiger partial charge in [-0.15, -0.1) is 0 Å². The minimum Gasteiger partial charge on any atom is -0.486 e. The monoisotopic (exact) mass is 432 g/mol. The van der Waals surface area contributed by atoms with Gasteiger partial charge in [-0.2, -0.15) is 4.98 Å². The number of para-hydroxylation sites is 1. The zero-order valence-corrected chi connectivity index (χ0v) is 18.5. The van der Waals surface area contributed by atoms with Crippen LogP contribution in [0.4, 0.5) is 23.1 Å². The summed E-state index contributed by atoms with van der Waals surface area (Å²) >= 11 is 0. The molecule has 3 aromatic rings. The quantitative estimate of drug-likeness (QED) is 0.653. The van der Waals surface area contributed by atoms with Gasteiger partial charge in [0.05, 0.1) is 19.9 Å². The molecule has 1 saturated heterocycles. The summed E-state index contributed by atoms with van der Waals surface area (Å²) in [5.41, 5.74) is 3.52. The Morgan fingerprint density at radius 1 is 1.09 bits per heavy atom. The van der Waals surface area contributed by atoms with E-state index in [0.29, 0.717) is 24.5 Å². The number of aryl methyl sites for hydroxylation is 1. The molecule has 1 N–H and O–H groups in total. The van der Waals surface area contributed by atoms with E-state index in [2.05, 4.69) is 56.3 Å². The molecule has 0 saturated carbocycles. The Balaban J connectivity index is 1.28. The summed E-state index contributed by atoms with van der Waals surface area (Å²) in [5.74, 6) is 2.85. The number of fused-ring (bicyclic) bond motifs is 1. The Bertz CT molecular complexity index is 1080. The molecule has 5 rings (SSSR count). The van der Waals surface area contributed by atoms with Gasteiger partial charge in [-0.25, -0.2) is 9.97 Å². The lowest BCUT2D eigenvalue weighted by molar-refractivity contribution is 0.310. The lowest BCUT2D eigenvalue weighted by Gasteiger charge is -2.34. The van der Waals surface area contributed by atoms with Crippen LogP contribution in [0.2, 0.25) is 0 Å². The van der Waals surface area contributed by atoms with E-state index in [0.717, 1.165) is 55.4 Å². The van der Waals surface area contributed by atoms with Crippen LogP contribution in [-0.2, 0) is 0 Å². The first kappa shape index (κ1) is 20.4. The van der Waals surface area contributed by atoms with Gasteiger partial charge in [0.2, 0.25) is 11.8 Å².